The standard InChI is InChI=1S/C17H26ClN/c18-14-17(11-5-6-12-17)15-19-13-7-4-10-16-8-2-1-3-9-16/h1-3,8-9,19H,4-7,10-15H2. The fourth-order valence-corrected chi connectivity index (χ4v) is 3.42. The average Bonchev–Trinajstić information content (AvgIpc) is 2.93. The fourth-order valence-electron chi connectivity index (χ4n) is 3.06. The molecule has 0 spiro atoms. The third-order valence-corrected chi connectivity index (χ3v) is 4.93. The first-order valence-corrected chi connectivity index (χ1v) is 8.19. The number of nitrogens with one attached hydrogen (secondary N) is 1. The van der Waals surface area contributed by atoms with Gasteiger partial charge in [0.2, 0.25) is 0 Å². The van der Waals surface area contributed by atoms with Gasteiger partial charge in [0.05, 0.1) is 0 Å². The monoisotopic (exact) mass is 279 g/mol. The van der Waals surface area contributed by atoms with Crippen LogP contribution >= 0.6 is 11.6 Å². The number of benzene rings is 1. The third kappa shape index (κ3) is 4.81. The van der Waals surface area contributed by atoms with Crippen molar-refractivity contribution in [2.24, 2.45) is 5.41 Å². The average molecular weight is 280 g/mol. The molecule has 1 N–H and O–H groups in total. The van der Waals surface area contributed by atoms with Crippen molar-refractivity contribution >= 4 is 11.6 Å². The molecule has 0 atom stereocenters. The molecule has 19 heavy (non-hydrogen) atoms. The molecule has 2 heteroatoms. The third-order valence-electron chi connectivity index (χ3n) is 4.36. The molecule has 1 saturated carbocycles. The van der Waals surface area contributed by atoms with Crippen LogP contribution in [0.5, 0.6) is 0 Å². The first-order valence-electron chi connectivity index (χ1n) is 7.65. The molecular weight excluding hydrogens is 254 g/mol. The van der Waals surface area contributed by atoms with E-state index in [-0.39, 0.29) is 0 Å². The summed E-state index contributed by atoms with van der Waals surface area (Å²) >= 11 is 6.14. The number of hydrogen-bond donors (Lipinski definition) is 1. The van der Waals surface area contributed by atoms with Gasteiger partial charge in [0, 0.05) is 12.4 Å². The van der Waals surface area contributed by atoms with Gasteiger partial charge in [0.25, 0.3) is 0 Å². The zero-order valence-electron chi connectivity index (χ0n) is 11.8. The molecule has 1 aliphatic rings. The van der Waals surface area contributed by atoms with E-state index in [9.17, 15) is 0 Å². The highest BCUT2D eigenvalue weighted by molar-refractivity contribution is 6.18. The molecular formula is C17H26ClN. The van der Waals surface area contributed by atoms with Gasteiger partial charge in [-0.25, -0.2) is 0 Å². The van der Waals surface area contributed by atoms with Crippen LogP contribution < -0.4 is 5.32 Å². The molecule has 0 aliphatic heterocycles. The van der Waals surface area contributed by atoms with Gasteiger partial charge in [-0.2, -0.15) is 0 Å². The molecule has 0 radical (unpaired) electrons. The van der Waals surface area contributed by atoms with Crippen LogP contribution in [-0.4, -0.2) is 19.0 Å². The molecule has 1 fully saturated rings. The Labute approximate surface area is 122 Å². The summed E-state index contributed by atoms with van der Waals surface area (Å²) in [6, 6.07) is 10.8. The van der Waals surface area contributed by atoms with Crippen LogP contribution in [0.1, 0.15) is 44.1 Å². The molecule has 0 saturated heterocycles. The van der Waals surface area contributed by atoms with Crippen LogP contribution in [0.25, 0.3) is 0 Å². The van der Waals surface area contributed by atoms with Crippen molar-refractivity contribution in [1.29, 1.82) is 0 Å². The maximum atomic E-state index is 6.14. The Morgan fingerprint density at radius 1 is 1.05 bits per heavy atom. The highest BCUT2D eigenvalue weighted by Gasteiger charge is 2.32. The number of halogens is 1. The molecule has 1 aliphatic carbocycles. The predicted molar refractivity (Wildman–Crippen MR) is 83.9 cm³/mol. The van der Waals surface area contributed by atoms with Gasteiger partial charge in [0.15, 0.2) is 0 Å². The molecule has 0 aromatic heterocycles. The number of rotatable bonds is 8. The van der Waals surface area contributed by atoms with E-state index in [1.807, 2.05) is 0 Å². The van der Waals surface area contributed by atoms with E-state index in [0.717, 1.165) is 19.0 Å². The summed E-state index contributed by atoms with van der Waals surface area (Å²) in [4.78, 5) is 0. The molecule has 0 bridgehead atoms. The van der Waals surface area contributed by atoms with E-state index in [1.165, 1.54) is 50.5 Å². The van der Waals surface area contributed by atoms with E-state index in [2.05, 4.69) is 35.6 Å². The fraction of sp³-hybridized carbons (Fsp3) is 0.647. The van der Waals surface area contributed by atoms with Crippen molar-refractivity contribution in [1.82, 2.24) is 5.32 Å². The number of unbranched alkanes of at least 4 members (excludes halogenated alkanes) is 1. The maximum absolute atomic E-state index is 6.14. The Kier molecular flexibility index (Phi) is 6.19. The SMILES string of the molecule is ClCC1(CNCCCCc2ccccc2)CCCC1. The molecule has 0 amide bonds. The van der Waals surface area contributed by atoms with E-state index in [4.69, 9.17) is 11.6 Å². The highest BCUT2D eigenvalue weighted by Crippen LogP contribution is 2.38. The summed E-state index contributed by atoms with van der Waals surface area (Å²) in [5.41, 5.74) is 1.86. The largest absolute Gasteiger partial charge is 0.316 e. The zero-order valence-corrected chi connectivity index (χ0v) is 12.6. The highest BCUT2D eigenvalue weighted by atomic mass is 35.5. The second-order valence-electron chi connectivity index (χ2n) is 5.96. The van der Waals surface area contributed by atoms with Gasteiger partial charge in [-0.05, 0) is 49.6 Å². The van der Waals surface area contributed by atoms with E-state index in [0.29, 0.717) is 5.41 Å². The molecule has 106 valence electrons. The van der Waals surface area contributed by atoms with Gasteiger partial charge >= 0.3 is 0 Å². The predicted octanol–water partition coefficient (Wildman–Crippen LogP) is 4.40. The summed E-state index contributed by atoms with van der Waals surface area (Å²) < 4.78 is 0. The van der Waals surface area contributed by atoms with E-state index < -0.39 is 0 Å². The Bertz CT molecular complexity index is 344. The van der Waals surface area contributed by atoms with E-state index in [1.54, 1.807) is 0 Å². The molecule has 2 rings (SSSR count). The van der Waals surface area contributed by atoms with Crippen molar-refractivity contribution in [3.05, 3.63) is 35.9 Å². The van der Waals surface area contributed by atoms with Gasteiger partial charge < -0.3 is 5.32 Å². The smallest absolute Gasteiger partial charge is 0.0292 e. The maximum Gasteiger partial charge on any atom is 0.0292 e. The summed E-state index contributed by atoms with van der Waals surface area (Å²) in [5, 5.41) is 3.62. The zero-order chi connectivity index (χ0) is 13.4. The lowest BCUT2D eigenvalue weighted by Gasteiger charge is -2.26. The number of alkyl halides is 1. The van der Waals surface area contributed by atoms with Gasteiger partial charge in [-0.1, -0.05) is 43.2 Å². The first-order chi connectivity index (χ1) is 9.35. The lowest BCUT2D eigenvalue weighted by atomic mass is 9.88. The Morgan fingerprint density at radius 3 is 2.47 bits per heavy atom. The van der Waals surface area contributed by atoms with Crippen molar-refractivity contribution in [3.63, 3.8) is 0 Å². The van der Waals surface area contributed by atoms with Crippen molar-refractivity contribution in [2.75, 3.05) is 19.0 Å². The van der Waals surface area contributed by atoms with Gasteiger partial charge in [0.1, 0.15) is 0 Å². The number of aryl methyl sites for hydroxylation is 1. The van der Waals surface area contributed by atoms with Gasteiger partial charge in [-0.15, -0.1) is 11.6 Å². The minimum Gasteiger partial charge on any atom is -0.316 e. The summed E-state index contributed by atoms with van der Waals surface area (Å²) in [7, 11) is 0. The van der Waals surface area contributed by atoms with Crippen LogP contribution in [0.4, 0.5) is 0 Å². The molecule has 0 unspecified atom stereocenters. The molecule has 1 aromatic carbocycles. The van der Waals surface area contributed by atoms with Crippen molar-refractivity contribution in [2.45, 2.75) is 44.9 Å². The molecule has 0 heterocycles. The topological polar surface area (TPSA) is 12.0 Å². The van der Waals surface area contributed by atoms with Crippen LogP contribution in [0.15, 0.2) is 30.3 Å². The second-order valence-corrected chi connectivity index (χ2v) is 6.23. The minimum absolute atomic E-state index is 0.404. The lowest BCUT2D eigenvalue weighted by molar-refractivity contribution is 0.320. The summed E-state index contributed by atoms with van der Waals surface area (Å²) in [6.07, 6.45) is 9.08. The van der Waals surface area contributed by atoms with Gasteiger partial charge in [-0.3, -0.25) is 0 Å². The van der Waals surface area contributed by atoms with Crippen molar-refractivity contribution in [3.8, 4) is 0 Å². The number of hydrogen-bond acceptors (Lipinski definition) is 1. The Morgan fingerprint density at radius 2 is 1.79 bits per heavy atom. The quantitative estimate of drug-likeness (QED) is 0.549. The lowest BCUT2D eigenvalue weighted by Crippen LogP contribution is -2.34. The Hall–Kier alpha value is -0.530. The Balaban J connectivity index is 1.55. The van der Waals surface area contributed by atoms with Crippen LogP contribution in [-0.2, 0) is 6.42 Å². The summed E-state index contributed by atoms with van der Waals surface area (Å²) in [6.45, 7) is 2.24. The normalized spacial score (nSPS) is 17.7. The van der Waals surface area contributed by atoms with Crippen LogP contribution in [0.2, 0.25) is 0 Å². The molecule has 1 aromatic rings. The minimum atomic E-state index is 0.404. The first kappa shape index (κ1) is 14.9. The van der Waals surface area contributed by atoms with E-state index >= 15 is 0 Å². The summed E-state index contributed by atoms with van der Waals surface area (Å²) in [5.74, 6) is 0.823. The van der Waals surface area contributed by atoms with Crippen LogP contribution in [0.3, 0.4) is 0 Å². The molecule has 1 nitrogen and oxygen atoms in total. The second kappa shape index (κ2) is 7.91. The van der Waals surface area contributed by atoms with Crippen molar-refractivity contribution < 1.29 is 0 Å². The van der Waals surface area contributed by atoms with Crippen LogP contribution in [0, 0.1) is 5.41 Å².